The van der Waals surface area contributed by atoms with E-state index in [1.807, 2.05) is 0 Å². The molecule has 3 aromatic carbocycles. The van der Waals surface area contributed by atoms with E-state index in [1.54, 1.807) is 36.4 Å². The van der Waals surface area contributed by atoms with E-state index in [4.69, 9.17) is 33.1 Å². The monoisotopic (exact) mass is 454 g/mol. The third-order valence-electron chi connectivity index (χ3n) is 4.12. The van der Waals surface area contributed by atoms with E-state index < -0.39 is 15.8 Å². The first-order valence-electron chi connectivity index (χ1n) is 8.45. The van der Waals surface area contributed by atoms with Crippen molar-refractivity contribution in [1.82, 2.24) is 0 Å². The number of ether oxygens (including phenoxy) is 1. The SMILES string of the molecule is NS(=O)(=O)c1ccc(NCc2cc(Cl)ccc2OCc2c(F)cccc2Cl)cc1. The Balaban J connectivity index is 1.73. The zero-order chi connectivity index (χ0) is 21.0. The number of hydrogen-bond donors (Lipinski definition) is 2. The van der Waals surface area contributed by atoms with Crippen molar-refractivity contribution >= 4 is 38.9 Å². The number of rotatable bonds is 7. The van der Waals surface area contributed by atoms with Gasteiger partial charge in [0.05, 0.1) is 9.92 Å². The van der Waals surface area contributed by atoms with Crippen LogP contribution in [0.4, 0.5) is 10.1 Å². The van der Waals surface area contributed by atoms with Gasteiger partial charge in [0.1, 0.15) is 18.2 Å². The molecule has 0 atom stereocenters. The highest BCUT2D eigenvalue weighted by atomic mass is 35.5. The molecule has 0 saturated heterocycles. The van der Waals surface area contributed by atoms with Crippen LogP contribution in [0.3, 0.4) is 0 Å². The lowest BCUT2D eigenvalue weighted by molar-refractivity contribution is 0.297. The molecule has 0 aromatic heterocycles. The standard InChI is InChI=1S/C20H17Cl2FN2O3S/c21-14-4-9-20(28-12-17-18(22)2-1-3-19(17)23)13(10-14)11-25-15-5-7-16(8-6-15)29(24,26)27/h1-10,25H,11-12H2,(H2,24,26,27). The fraction of sp³-hybridized carbons (Fsp3) is 0.100. The highest BCUT2D eigenvalue weighted by molar-refractivity contribution is 7.89. The van der Waals surface area contributed by atoms with Gasteiger partial charge in [-0.2, -0.15) is 0 Å². The summed E-state index contributed by atoms with van der Waals surface area (Å²) in [6.07, 6.45) is 0. The van der Waals surface area contributed by atoms with E-state index in [-0.39, 0.29) is 22.1 Å². The van der Waals surface area contributed by atoms with Gasteiger partial charge in [0.15, 0.2) is 0 Å². The van der Waals surface area contributed by atoms with E-state index in [9.17, 15) is 12.8 Å². The van der Waals surface area contributed by atoms with Crippen LogP contribution in [-0.2, 0) is 23.2 Å². The van der Waals surface area contributed by atoms with Crippen molar-refractivity contribution in [2.24, 2.45) is 5.14 Å². The van der Waals surface area contributed by atoms with Crippen molar-refractivity contribution < 1.29 is 17.5 Å². The van der Waals surface area contributed by atoms with Gasteiger partial charge in [-0.15, -0.1) is 0 Å². The van der Waals surface area contributed by atoms with Crippen molar-refractivity contribution in [3.8, 4) is 5.75 Å². The molecule has 3 aromatic rings. The smallest absolute Gasteiger partial charge is 0.238 e. The second-order valence-corrected chi connectivity index (χ2v) is 8.57. The normalized spacial score (nSPS) is 11.3. The highest BCUT2D eigenvalue weighted by Crippen LogP contribution is 2.27. The maximum absolute atomic E-state index is 14.0. The molecule has 0 aliphatic carbocycles. The van der Waals surface area contributed by atoms with Gasteiger partial charge in [-0.3, -0.25) is 0 Å². The van der Waals surface area contributed by atoms with Gasteiger partial charge in [0.25, 0.3) is 0 Å². The van der Waals surface area contributed by atoms with Crippen LogP contribution in [0, 0.1) is 5.82 Å². The number of hydrogen-bond acceptors (Lipinski definition) is 4. The molecule has 0 unspecified atom stereocenters. The van der Waals surface area contributed by atoms with Crippen LogP contribution in [-0.4, -0.2) is 8.42 Å². The summed E-state index contributed by atoms with van der Waals surface area (Å²) < 4.78 is 42.4. The Morgan fingerprint density at radius 3 is 2.41 bits per heavy atom. The predicted molar refractivity (Wildman–Crippen MR) is 112 cm³/mol. The minimum absolute atomic E-state index is 0.0246. The molecule has 0 saturated carbocycles. The number of sulfonamides is 1. The summed E-state index contributed by atoms with van der Waals surface area (Å²) in [4.78, 5) is 0.0246. The van der Waals surface area contributed by atoms with Crippen molar-refractivity contribution in [3.63, 3.8) is 0 Å². The Hall–Kier alpha value is -2.32. The van der Waals surface area contributed by atoms with Gasteiger partial charge in [0, 0.05) is 28.4 Å². The average Bonchev–Trinajstić information content (AvgIpc) is 2.67. The van der Waals surface area contributed by atoms with Crippen molar-refractivity contribution in [2.75, 3.05) is 5.32 Å². The first-order valence-corrected chi connectivity index (χ1v) is 10.7. The molecule has 0 heterocycles. The van der Waals surface area contributed by atoms with Gasteiger partial charge in [-0.25, -0.2) is 17.9 Å². The third-order valence-corrected chi connectivity index (χ3v) is 5.64. The molecule has 0 bridgehead atoms. The van der Waals surface area contributed by atoms with E-state index in [1.165, 1.54) is 24.3 Å². The van der Waals surface area contributed by atoms with Crippen molar-refractivity contribution in [1.29, 1.82) is 0 Å². The van der Waals surface area contributed by atoms with Crippen LogP contribution < -0.4 is 15.2 Å². The fourth-order valence-electron chi connectivity index (χ4n) is 2.61. The van der Waals surface area contributed by atoms with Crippen LogP contribution in [0.15, 0.2) is 65.6 Å². The summed E-state index contributed by atoms with van der Waals surface area (Å²) in [5.41, 5.74) is 1.68. The van der Waals surface area contributed by atoms with Gasteiger partial charge >= 0.3 is 0 Å². The number of nitrogens with two attached hydrogens (primary N) is 1. The molecule has 0 aliphatic heterocycles. The topological polar surface area (TPSA) is 81.4 Å². The van der Waals surface area contributed by atoms with Crippen LogP contribution in [0.25, 0.3) is 0 Å². The zero-order valence-corrected chi connectivity index (χ0v) is 17.4. The molecule has 152 valence electrons. The number of anilines is 1. The van der Waals surface area contributed by atoms with Crippen molar-refractivity contribution in [2.45, 2.75) is 18.0 Å². The van der Waals surface area contributed by atoms with Gasteiger partial charge < -0.3 is 10.1 Å². The maximum atomic E-state index is 14.0. The zero-order valence-electron chi connectivity index (χ0n) is 15.0. The summed E-state index contributed by atoms with van der Waals surface area (Å²) in [7, 11) is -3.75. The second kappa shape index (κ2) is 9.00. The molecule has 0 spiro atoms. The summed E-state index contributed by atoms with van der Waals surface area (Å²) in [6.45, 7) is 0.304. The molecule has 5 nitrogen and oxygen atoms in total. The molecule has 0 fully saturated rings. The quantitative estimate of drug-likeness (QED) is 0.527. The summed E-state index contributed by atoms with van der Waals surface area (Å²) in [5.74, 6) is 0.0726. The lowest BCUT2D eigenvalue weighted by atomic mass is 10.2. The van der Waals surface area contributed by atoms with Gasteiger partial charge in [0.2, 0.25) is 10.0 Å². The lowest BCUT2D eigenvalue weighted by Gasteiger charge is -2.14. The summed E-state index contributed by atoms with van der Waals surface area (Å²) >= 11 is 12.1. The summed E-state index contributed by atoms with van der Waals surface area (Å²) in [6, 6.07) is 15.6. The Kier molecular flexibility index (Phi) is 6.64. The first kappa shape index (κ1) is 21.4. The number of halogens is 3. The largest absolute Gasteiger partial charge is 0.488 e. The van der Waals surface area contributed by atoms with E-state index in [0.29, 0.717) is 23.0 Å². The maximum Gasteiger partial charge on any atom is 0.238 e. The van der Waals surface area contributed by atoms with Crippen molar-refractivity contribution in [3.05, 3.63) is 87.7 Å². The molecule has 0 radical (unpaired) electrons. The predicted octanol–water partition coefficient (Wildman–Crippen LogP) is 4.97. The number of primary sulfonamides is 1. The van der Waals surface area contributed by atoms with Gasteiger partial charge in [-0.05, 0) is 54.6 Å². The third kappa shape index (κ3) is 5.61. The molecule has 3 rings (SSSR count). The first-order chi connectivity index (χ1) is 13.7. The molecular weight excluding hydrogens is 438 g/mol. The minimum atomic E-state index is -3.75. The van der Waals surface area contributed by atoms with E-state index in [0.717, 1.165) is 5.56 Å². The van der Waals surface area contributed by atoms with Crippen LogP contribution >= 0.6 is 23.2 Å². The molecule has 0 aliphatic rings. The highest BCUT2D eigenvalue weighted by Gasteiger charge is 2.11. The molecule has 0 amide bonds. The van der Waals surface area contributed by atoms with Crippen LogP contribution in [0.1, 0.15) is 11.1 Å². The lowest BCUT2D eigenvalue weighted by Crippen LogP contribution is -2.12. The van der Waals surface area contributed by atoms with E-state index in [2.05, 4.69) is 5.32 Å². The Bertz CT molecular complexity index is 1100. The molecule has 3 N–H and O–H groups in total. The van der Waals surface area contributed by atoms with Gasteiger partial charge in [-0.1, -0.05) is 29.3 Å². The van der Waals surface area contributed by atoms with Crippen LogP contribution in [0.2, 0.25) is 10.0 Å². The number of nitrogens with one attached hydrogen (secondary N) is 1. The van der Waals surface area contributed by atoms with Crippen LogP contribution in [0.5, 0.6) is 5.75 Å². The molecule has 29 heavy (non-hydrogen) atoms. The Labute approximate surface area is 178 Å². The fourth-order valence-corrected chi connectivity index (χ4v) is 3.53. The minimum Gasteiger partial charge on any atom is -0.488 e. The molecule has 9 heteroatoms. The Morgan fingerprint density at radius 2 is 1.76 bits per heavy atom. The van der Waals surface area contributed by atoms with E-state index >= 15 is 0 Å². The number of benzene rings is 3. The second-order valence-electron chi connectivity index (χ2n) is 6.16. The Morgan fingerprint density at radius 1 is 1.03 bits per heavy atom. The summed E-state index contributed by atoms with van der Waals surface area (Å²) in [5, 5.41) is 9.05. The average molecular weight is 455 g/mol. The molecular formula is C20H17Cl2FN2O3S.